The lowest BCUT2D eigenvalue weighted by Gasteiger charge is -2.06. The summed E-state index contributed by atoms with van der Waals surface area (Å²) in [6, 6.07) is 11.2. The van der Waals surface area contributed by atoms with Crippen LogP contribution in [0.5, 0.6) is 0 Å². The molecule has 0 spiro atoms. The van der Waals surface area contributed by atoms with E-state index in [0.29, 0.717) is 5.69 Å². The van der Waals surface area contributed by atoms with E-state index in [4.69, 9.17) is 5.73 Å². The van der Waals surface area contributed by atoms with Gasteiger partial charge in [0.05, 0.1) is 21.5 Å². The molecule has 0 saturated carbocycles. The monoisotopic (exact) mass is 354 g/mol. The van der Waals surface area contributed by atoms with Gasteiger partial charge in [0.2, 0.25) is 0 Å². The third-order valence-corrected chi connectivity index (χ3v) is 4.82. The van der Waals surface area contributed by atoms with Gasteiger partial charge in [-0.25, -0.2) is 0 Å². The van der Waals surface area contributed by atoms with Crippen molar-refractivity contribution >= 4 is 38.1 Å². The van der Waals surface area contributed by atoms with E-state index >= 15 is 0 Å². The Morgan fingerprint density at radius 3 is 2.60 bits per heavy atom. The van der Waals surface area contributed by atoms with Crippen LogP contribution in [-0.2, 0) is 16.6 Å². The highest BCUT2D eigenvalue weighted by molar-refractivity contribution is 9.10. The Hall–Kier alpha value is -1.73. The van der Waals surface area contributed by atoms with Crippen LogP contribution in [0.15, 0.2) is 51.8 Å². The van der Waals surface area contributed by atoms with E-state index in [1.54, 1.807) is 30.3 Å². The van der Waals surface area contributed by atoms with Crippen molar-refractivity contribution in [3.8, 4) is 0 Å². The normalized spacial score (nSPS) is 12.1. The molecule has 5 nitrogen and oxygen atoms in total. The molecule has 7 heteroatoms. The molecule has 1 atom stereocenters. The van der Waals surface area contributed by atoms with Gasteiger partial charge in [-0.2, -0.15) is 0 Å². The first-order chi connectivity index (χ1) is 9.49. The Balaban J connectivity index is 2.31. The van der Waals surface area contributed by atoms with Gasteiger partial charge in [-0.15, -0.1) is 0 Å². The number of nitrogens with zero attached hydrogens (tertiary/aromatic N) is 1. The minimum atomic E-state index is -1.50. The maximum atomic E-state index is 12.3. The molecule has 2 rings (SSSR count). The second kappa shape index (κ2) is 6.15. The number of rotatable bonds is 4. The maximum absolute atomic E-state index is 12.3. The van der Waals surface area contributed by atoms with Gasteiger partial charge in [-0.1, -0.05) is 34.1 Å². The molecule has 0 aliphatic carbocycles. The number of hydrogen-bond acceptors (Lipinski definition) is 4. The number of halogens is 1. The Morgan fingerprint density at radius 2 is 1.95 bits per heavy atom. The van der Waals surface area contributed by atoms with Gasteiger partial charge in [0.1, 0.15) is 4.90 Å². The molecular formula is C13H11BrN2O3S. The largest absolute Gasteiger partial charge is 0.399 e. The van der Waals surface area contributed by atoms with Gasteiger partial charge < -0.3 is 5.73 Å². The van der Waals surface area contributed by atoms with E-state index < -0.39 is 15.7 Å². The average Bonchev–Trinajstić information content (AvgIpc) is 2.41. The van der Waals surface area contributed by atoms with Crippen LogP contribution in [-0.4, -0.2) is 9.13 Å². The second-order valence-corrected chi connectivity index (χ2v) is 6.34. The van der Waals surface area contributed by atoms with Crippen LogP contribution in [0.1, 0.15) is 5.56 Å². The van der Waals surface area contributed by atoms with Gasteiger partial charge in [-0.05, 0) is 23.8 Å². The molecule has 104 valence electrons. The molecule has 2 aromatic carbocycles. The number of hydrogen-bond donors (Lipinski definition) is 1. The summed E-state index contributed by atoms with van der Waals surface area (Å²) in [5, 5.41) is 10.9. The molecule has 2 N–H and O–H groups in total. The summed E-state index contributed by atoms with van der Waals surface area (Å²) in [5.74, 6) is 0.186. The molecule has 0 bridgehead atoms. The zero-order valence-electron chi connectivity index (χ0n) is 10.3. The molecule has 0 aliphatic rings. The quantitative estimate of drug-likeness (QED) is 0.518. The fourth-order valence-corrected chi connectivity index (χ4v) is 3.72. The molecule has 0 amide bonds. The molecule has 20 heavy (non-hydrogen) atoms. The number of nitro groups is 1. The van der Waals surface area contributed by atoms with E-state index in [2.05, 4.69) is 15.9 Å². The van der Waals surface area contributed by atoms with E-state index in [1.807, 2.05) is 0 Å². The number of benzene rings is 2. The van der Waals surface area contributed by atoms with Crippen molar-refractivity contribution in [1.82, 2.24) is 0 Å². The summed E-state index contributed by atoms with van der Waals surface area (Å²) in [5.41, 5.74) is 6.89. The summed E-state index contributed by atoms with van der Waals surface area (Å²) < 4.78 is 13.1. The highest BCUT2D eigenvalue weighted by Gasteiger charge is 2.18. The van der Waals surface area contributed by atoms with Crippen LogP contribution in [0, 0.1) is 10.1 Å². The number of nitrogens with two attached hydrogens (primary N) is 1. The maximum Gasteiger partial charge on any atom is 0.285 e. The number of para-hydroxylation sites is 1. The van der Waals surface area contributed by atoms with Crippen molar-refractivity contribution in [2.45, 2.75) is 10.6 Å². The summed E-state index contributed by atoms with van der Waals surface area (Å²) in [7, 11) is -1.50. The van der Waals surface area contributed by atoms with Crippen molar-refractivity contribution in [3.05, 3.63) is 62.6 Å². The van der Waals surface area contributed by atoms with Gasteiger partial charge in [-0.3, -0.25) is 14.3 Å². The van der Waals surface area contributed by atoms with E-state index in [-0.39, 0.29) is 16.3 Å². The SMILES string of the molecule is Nc1ccc(CS(=O)c2ccccc2[N+](=O)[O-])c(Br)c1. The van der Waals surface area contributed by atoms with Crippen molar-refractivity contribution in [2.24, 2.45) is 0 Å². The second-order valence-electron chi connectivity index (χ2n) is 4.07. The zero-order valence-corrected chi connectivity index (χ0v) is 12.7. The topological polar surface area (TPSA) is 86.2 Å². The smallest absolute Gasteiger partial charge is 0.285 e. The molecule has 0 fully saturated rings. The fraction of sp³-hybridized carbons (Fsp3) is 0.0769. The molecule has 0 heterocycles. The molecule has 0 radical (unpaired) electrons. The van der Waals surface area contributed by atoms with Crippen LogP contribution in [0.3, 0.4) is 0 Å². The Morgan fingerprint density at radius 1 is 1.25 bits per heavy atom. The predicted octanol–water partition coefficient (Wildman–Crippen LogP) is 3.25. The minimum Gasteiger partial charge on any atom is -0.399 e. The highest BCUT2D eigenvalue weighted by atomic mass is 79.9. The Labute approximate surface area is 126 Å². The first-order valence-corrected chi connectivity index (χ1v) is 7.76. The third kappa shape index (κ3) is 3.23. The van der Waals surface area contributed by atoms with Gasteiger partial charge in [0, 0.05) is 16.2 Å². The van der Waals surface area contributed by atoms with Crippen molar-refractivity contribution < 1.29 is 9.13 Å². The van der Waals surface area contributed by atoms with Crippen LogP contribution in [0.25, 0.3) is 0 Å². The van der Waals surface area contributed by atoms with Crippen LogP contribution in [0.4, 0.5) is 11.4 Å². The highest BCUT2D eigenvalue weighted by Crippen LogP contribution is 2.26. The summed E-state index contributed by atoms with van der Waals surface area (Å²) in [6.07, 6.45) is 0. The third-order valence-electron chi connectivity index (χ3n) is 2.67. The average molecular weight is 355 g/mol. The van der Waals surface area contributed by atoms with Gasteiger partial charge in [0.15, 0.2) is 0 Å². The van der Waals surface area contributed by atoms with Crippen LogP contribution < -0.4 is 5.73 Å². The lowest BCUT2D eigenvalue weighted by Crippen LogP contribution is -2.02. The Kier molecular flexibility index (Phi) is 4.51. The zero-order chi connectivity index (χ0) is 14.7. The molecule has 0 aromatic heterocycles. The predicted molar refractivity (Wildman–Crippen MR) is 81.8 cm³/mol. The summed E-state index contributed by atoms with van der Waals surface area (Å²) in [6.45, 7) is 0. The first-order valence-electron chi connectivity index (χ1n) is 5.64. The molecular weight excluding hydrogens is 344 g/mol. The van der Waals surface area contributed by atoms with Crippen molar-refractivity contribution in [3.63, 3.8) is 0 Å². The first kappa shape index (κ1) is 14.7. The van der Waals surface area contributed by atoms with Crippen LogP contribution >= 0.6 is 15.9 Å². The van der Waals surface area contributed by atoms with Crippen molar-refractivity contribution in [2.75, 3.05) is 5.73 Å². The molecule has 2 aromatic rings. The summed E-state index contributed by atoms with van der Waals surface area (Å²) in [4.78, 5) is 10.6. The number of anilines is 1. The number of nitrogen functional groups attached to an aromatic ring is 1. The standard InChI is InChI=1S/C13H11BrN2O3S/c14-11-7-10(15)6-5-9(11)8-20(19)13-4-2-1-3-12(13)16(17)18/h1-7H,8,15H2. The van der Waals surface area contributed by atoms with Crippen LogP contribution in [0.2, 0.25) is 0 Å². The minimum absolute atomic E-state index is 0.127. The lowest BCUT2D eigenvalue weighted by atomic mass is 10.2. The molecule has 0 saturated heterocycles. The van der Waals surface area contributed by atoms with E-state index in [1.165, 1.54) is 12.1 Å². The lowest BCUT2D eigenvalue weighted by molar-refractivity contribution is -0.387. The summed E-state index contributed by atoms with van der Waals surface area (Å²) >= 11 is 3.35. The van der Waals surface area contributed by atoms with Gasteiger partial charge in [0.25, 0.3) is 5.69 Å². The molecule has 1 unspecified atom stereocenters. The fourth-order valence-electron chi connectivity index (χ4n) is 1.70. The van der Waals surface area contributed by atoms with Gasteiger partial charge >= 0.3 is 0 Å². The van der Waals surface area contributed by atoms with E-state index in [9.17, 15) is 14.3 Å². The number of nitro benzene ring substituents is 1. The van der Waals surface area contributed by atoms with Crippen molar-refractivity contribution in [1.29, 1.82) is 0 Å². The molecule has 0 aliphatic heterocycles. The Bertz CT molecular complexity index is 691. The van der Waals surface area contributed by atoms with E-state index in [0.717, 1.165) is 10.0 Å².